The number of nitrogens with zero attached hydrogens (tertiary/aromatic N) is 5. The number of hydrogen-bond donors (Lipinski definition) is 1. The van der Waals surface area contributed by atoms with Gasteiger partial charge in [0.15, 0.2) is 0 Å². The smallest absolute Gasteiger partial charge is 0.441 e. The number of carbonyl (C=O) groups excluding carboxylic acids is 1. The highest BCUT2D eigenvalue weighted by atomic mass is 19.4. The molecule has 1 spiro atoms. The molecule has 1 aromatic rings. The van der Waals surface area contributed by atoms with Crippen molar-refractivity contribution in [3.8, 4) is 6.07 Å². The number of aromatic nitrogens is 2. The first kappa shape index (κ1) is 22.8. The lowest BCUT2D eigenvalue weighted by molar-refractivity contribution is -0.145. The monoisotopic (exact) mass is 474 g/mol. The Morgan fingerprint density at radius 3 is 2.97 bits per heavy atom. The number of alkyl halides is 3. The summed E-state index contributed by atoms with van der Waals surface area (Å²) in [6, 6.07) is 2.50. The Labute approximate surface area is 195 Å². The van der Waals surface area contributed by atoms with Crippen molar-refractivity contribution in [2.75, 3.05) is 24.7 Å². The van der Waals surface area contributed by atoms with Crippen molar-refractivity contribution in [1.29, 1.82) is 5.26 Å². The average Bonchev–Trinajstić information content (AvgIpc) is 3.33. The number of anilines is 1. The number of nitrogens with one attached hydrogen (secondary N) is 1. The van der Waals surface area contributed by atoms with E-state index in [0.29, 0.717) is 25.1 Å². The van der Waals surface area contributed by atoms with Crippen LogP contribution in [0.5, 0.6) is 0 Å². The molecule has 2 aliphatic carbocycles. The van der Waals surface area contributed by atoms with E-state index in [-0.39, 0.29) is 35.9 Å². The molecule has 3 fully saturated rings. The molecule has 1 saturated carbocycles. The fourth-order valence-electron chi connectivity index (χ4n) is 5.61. The van der Waals surface area contributed by atoms with E-state index < -0.39 is 23.7 Å². The topological polar surface area (TPSA) is 94.4 Å². The molecule has 11 heteroatoms. The number of amides is 1. The Morgan fingerprint density at radius 2 is 2.24 bits per heavy atom. The third-order valence-electron chi connectivity index (χ3n) is 7.15. The predicted molar refractivity (Wildman–Crippen MR) is 115 cm³/mol. The maximum absolute atomic E-state index is 12.9. The summed E-state index contributed by atoms with van der Waals surface area (Å²) in [5.74, 6) is -0.936. The van der Waals surface area contributed by atoms with Crippen molar-refractivity contribution >= 4 is 11.8 Å². The molecular formula is C23H25F3N6O2. The number of allylic oxidation sites excluding steroid dienone is 2. The molecule has 2 aliphatic heterocycles. The van der Waals surface area contributed by atoms with Gasteiger partial charge in [-0.1, -0.05) is 6.08 Å². The first-order valence-electron chi connectivity index (χ1n) is 11.4. The van der Waals surface area contributed by atoms with Crippen LogP contribution in [-0.4, -0.2) is 58.4 Å². The first-order chi connectivity index (χ1) is 16.2. The highest BCUT2D eigenvalue weighted by Gasteiger charge is 2.49. The number of nitriles is 1. The zero-order valence-corrected chi connectivity index (χ0v) is 18.7. The summed E-state index contributed by atoms with van der Waals surface area (Å²) in [4.78, 5) is 23.4. The van der Waals surface area contributed by atoms with Gasteiger partial charge in [-0.2, -0.15) is 18.4 Å². The summed E-state index contributed by atoms with van der Waals surface area (Å²) in [6.45, 7) is 3.22. The SMILES string of the molecule is Cc1nc(C(F)(F)F)ncc1N1C[C@@]2(CCC[C@H](CN3CNC4C=CC(C#N)=CC43)C2)OC1=O. The largest absolute Gasteiger partial charge is 0.451 e. The van der Waals surface area contributed by atoms with Gasteiger partial charge < -0.3 is 4.74 Å². The van der Waals surface area contributed by atoms with Crippen molar-refractivity contribution in [1.82, 2.24) is 20.2 Å². The first-order valence-corrected chi connectivity index (χ1v) is 11.4. The Kier molecular flexibility index (Phi) is 5.61. The summed E-state index contributed by atoms with van der Waals surface area (Å²) in [6.07, 6.45) is 4.96. The number of aryl methyl sites for hydroxylation is 1. The fraction of sp³-hybridized carbons (Fsp3) is 0.565. The lowest BCUT2D eigenvalue weighted by atomic mass is 9.77. The summed E-state index contributed by atoms with van der Waals surface area (Å²) in [7, 11) is 0. The molecule has 1 N–H and O–H groups in total. The van der Waals surface area contributed by atoms with Gasteiger partial charge in [0, 0.05) is 30.9 Å². The molecule has 2 saturated heterocycles. The van der Waals surface area contributed by atoms with Gasteiger partial charge in [-0.25, -0.2) is 14.8 Å². The second-order valence-corrected chi connectivity index (χ2v) is 9.50. The minimum absolute atomic E-state index is 0.0864. The molecular weight excluding hydrogens is 449 g/mol. The molecule has 180 valence electrons. The van der Waals surface area contributed by atoms with Crippen molar-refractivity contribution in [3.63, 3.8) is 0 Å². The van der Waals surface area contributed by atoms with Gasteiger partial charge in [-0.05, 0) is 50.7 Å². The molecule has 34 heavy (non-hydrogen) atoms. The van der Waals surface area contributed by atoms with E-state index in [9.17, 15) is 23.2 Å². The highest BCUT2D eigenvalue weighted by Crippen LogP contribution is 2.42. The highest BCUT2D eigenvalue weighted by molar-refractivity contribution is 5.90. The third kappa shape index (κ3) is 4.16. The van der Waals surface area contributed by atoms with Crippen LogP contribution < -0.4 is 10.2 Å². The van der Waals surface area contributed by atoms with Gasteiger partial charge in [-0.3, -0.25) is 15.1 Å². The van der Waals surface area contributed by atoms with Gasteiger partial charge >= 0.3 is 12.3 Å². The zero-order valence-electron chi connectivity index (χ0n) is 18.7. The van der Waals surface area contributed by atoms with E-state index in [1.807, 2.05) is 18.2 Å². The number of hydrogen-bond acceptors (Lipinski definition) is 7. The Bertz CT molecular complexity index is 1100. The van der Waals surface area contributed by atoms with Crippen LogP contribution in [0.25, 0.3) is 0 Å². The molecule has 5 rings (SSSR count). The Morgan fingerprint density at radius 1 is 1.41 bits per heavy atom. The minimum atomic E-state index is -4.65. The number of carbonyl (C=O) groups is 1. The van der Waals surface area contributed by atoms with Crippen LogP contribution in [0.2, 0.25) is 0 Å². The summed E-state index contributed by atoms with van der Waals surface area (Å²) < 4.78 is 44.7. The van der Waals surface area contributed by atoms with Crippen LogP contribution in [0.15, 0.2) is 30.0 Å². The van der Waals surface area contributed by atoms with Crippen molar-refractivity contribution < 1.29 is 22.7 Å². The maximum atomic E-state index is 12.9. The number of rotatable bonds is 3. The standard InChI is InChI=1S/C23H25F3N6O2/c1-14-19(10-28-20(30-14)23(24,25)26)32-12-22(34-21(32)33)6-2-3-16(8-22)11-31-13-29-17-5-4-15(9-27)7-18(17)31/h4-5,7,10,16-18,29H,2-3,6,8,11-13H2,1H3/t16-,17?,18?,22-/m0/s1. The van der Waals surface area contributed by atoms with Gasteiger partial charge in [0.05, 0.1) is 30.2 Å². The summed E-state index contributed by atoms with van der Waals surface area (Å²) >= 11 is 0. The molecule has 2 unspecified atom stereocenters. The molecule has 8 nitrogen and oxygen atoms in total. The summed E-state index contributed by atoms with van der Waals surface area (Å²) in [5.41, 5.74) is 0.307. The van der Waals surface area contributed by atoms with E-state index in [4.69, 9.17) is 4.74 Å². The Hall–Kier alpha value is -2.97. The predicted octanol–water partition coefficient (Wildman–Crippen LogP) is 3.31. The molecule has 4 aliphatic rings. The van der Waals surface area contributed by atoms with Crippen LogP contribution in [0, 0.1) is 24.2 Å². The lowest BCUT2D eigenvalue weighted by Gasteiger charge is -2.38. The molecule has 1 aromatic heterocycles. The van der Waals surface area contributed by atoms with E-state index in [1.54, 1.807) is 0 Å². The minimum Gasteiger partial charge on any atom is -0.441 e. The van der Waals surface area contributed by atoms with Crippen LogP contribution >= 0.6 is 0 Å². The quantitative estimate of drug-likeness (QED) is 0.718. The molecule has 0 aromatic carbocycles. The fourth-order valence-corrected chi connectivity index (χ4v) is 5.61. The van der Waals surface area contributed by atoms with E-state index in [2.05, 4.69) is 26.3 Å². The van der Waals surface area contributed by atoms with Crippen LogP contribution in [0.4, 0.5) is 23.7 Å². The van der Waals surface area contributed by atoms with Crippen LogP contribution in [0.1, 0.15) is 37.2 Å². The lowest BCUT2D eigenvalue weighted by Crippen LogP contribution is -2.44. The van der Waals surface area contributed by atoms with Crippen molar-refractivity contribution in [2.45, 2.75) is 56.5 Å². The van der Waals surface area contributed by atoms with E-state index in [0.717, 1.165) is 25.6 Å². The van der Waals surface area contributed by atoms with Crippen LogP contribution in [-0.2, 0) is 10.9 Å². The van der Waals surface area contributed by atoms with Gasteiger partial charge in [0.1, 0.15) is 5.60 Å². The molecule has 4 atom stereocenters. The second kappa shape index (κ2) is 8.36. The van der Waals surface area contributed by atoms with Crippen molar-refractivity contribution in [2.24, 2.45) is 5.92 Å². The molecule has 0 radical (unpaired) electrons. The van der Waals surface area contributed by atoms with Gasteiger partial charge in [0.2, 0.25) is 5.82 Å². The molecule has 1 amide bonds. The number of fused-ring (bicyclic) bond motifs is 1. The van der Waals surface area contributed by atoms with Gasteiger partial charge in [-0.15, -0.1) is 0 Å². The van der Waals surface area contributed by atoms with Gasteiger partial charge in [0.25, 0.3) is 0 Å². The number of ether oxygens (including phenoxy) is 1. The number of halogens is 3. The van der Waals surface area contributed by atoms with E-state index in [1.165, 1.54) is 11.8 Å². The van der Waals surface area contributed by atoms with Crippen LogP contribution in [0.3, 0.4) is 0 Å². The van der Waals surface area contributed by atoms with Crippen molar-refractivity contribution in [3.05, 3.63) is 41.5 Å². The average molecular weight is 474 g/mol. The molecule has 3 heterocycles. The zero-order chi connectivity index (χ0) is 24.1. The normalized spacial score (nSPS) is 31.4. The second-order valence-electron chi connectivity index (χ2n) is 9.50. The molecule has 0 bridgehead atoms. The Balaban J connectivity index is 1.28. The maximum Gasteiger partial charge on any atom is 0.451 e. The summed E-state index contributed by atoms with van der Waals surface area (Å²) in [5, 5.41) is 12.7. The van der Waals surface area contributed by atoms with E-state index >= 15 is 0 Å². The third-order valence-corrected chi connectivity index (χ3v) is 7.15.